The van der Waals surface area contributed by atoms with Gasteiger partial charge in [-0.05, 0) is 45.0 Å². The van der Waals surface area contributed by atoms with Crippen molar-refractivity contribution in [3.8, 4) is 5.75 Å². The SMILES string of the molecule is CCCc1ccc(OCCC(C)(NC)C(=O)OCC)cc1. The molecule has 0 amide bonds. The zero-order valence-electron chi connectivity index (χ0n) is 13.6. The Kier molecular flexibility index (Phi) is 7.23. The van der Waals surface area contributed by atoms with E-state index >= 15 is 0 Å². The Morgan fingerprint density at radius 1 is 1.24 bits per heavy atom. The molecule has 0 saturated heterocycles. The molecular formula is C17H27NO3. The van der Waals surface area contributed by atoms with Crippen molar-refractivity contribution in [1.29, 1.82) is 0 Å². The molecule has 1 N–H and O–H groups in total. The molecule has 0 spiro atoms. The topological polar surface area (TPSA) is 47.6 Å². The number of rotatable bonds is 9. The Labute approximate surface area is 127 Å². The summed E-state index contributed by atoms with van der Waals surface area (Å²) >= 11 is 0. The number of likely N-dealkylation sites (N-methyl/N-ethyl adjacent to an activating group) is 1. The average molecular weight is 293 g/mol. The largest absolute Gasteiger partial charge is 0.494 e. The molecule has 0 radical (unpaired) electrons. The maximum absolute atomic E-state index is 11.9. The second kappa shape index (κ2) is 8.67. The number of hydrogen-bond acceptors (Lipinski definition) is 4. The minimum absolute atomic E-state index is 0.241. The molecule has 4 nitrogen and oxygen atoms in total. The quantitative estimate of drug-likeness (QED) is 0.711. The third-order valence-electron chi connectivity index (χ3n) is 3.61. The first-order valence-corrected chi connectivity index (χ1v) is 7.63. The van der Waals surface area contributed by atoms with Gasteiger partial charge in [0.2, 0.25) is 0 Å². The number of aryl methyl sites for hydroxylation is 1. The van der Waals surface area contributed by atoms with Crippen LogP contribution < -0.4 is 10.1 Å². The van der Waals surface area contributed by atoms with Crippen LogP contribution in [0.5, 0.6) is 5.75 Å². The van der Waals surface area contributed by atoms with Gasteiger partial charge in [-0.25, -0.2) is 0 Å². The van der Waals surface area contributed by atoms with E-state index in [9.17, 15) is 4.79 Å². The number of carbonyl (C=O) groups excluding carboxylic acids is 1. The highest BCUT2D eigenvalue weighted by atomic mass is 16.5. The number of carbonyl (C=O) groups is 1. The molecule has 0 heterocycles. The van der Waals surface area contributed by atoms with Crippen molar-refractivity contribution in [3.63, 3.8) is 0 Å². The van der Waals surface area contributed by atoms with Crippen molar-refractivity contribution in [2.75, 3.05) is 20.3 Å². The van der Waals surface area contributed by atoms with Crippen LogP contribution in [-0.4, -0.2) is 31.8 Å². The van der Waals surface area contributed by atoms with E-state index in [4.69, 9.17) is 9.47 Å². The maximum Gasteiger partial charge on any atom is 0.326 e. The lowest BCUT2D eigenvalue weighted by Crippen LogP contribution is -2.49. The standard InChI is InChI=1S/C17H27NO3/c1-5-7-14-8-10-15(11-9-14)21-13-12-17(3,18-4)16(19)20-6-2/h8-11,18H,5-7,12-13H2,1-4H3. The summed E-state index contributed by atoms with van der Waals surface area (Å²) in [6.45, 7) is 6.65. The van der Waals surface area contributed by atoms with Crippen LogP contribution in [0, 0.1) is 0 Å². The fraction of sp³-hybridized carbons (Fsp3) is 0.588. The molecule has 1 rings (SSSR count). The number of nitrogens with one attached hydrogen (secondary N) is 1. The van der Waals surface area contributed by atoms with Gasteiger partial charge in [-0.3, -0.25) is 4.79 Å². The van der Waals surface area contributed by atoms with Crippen molar-refractivity contribution in [3.05, 3.63) is 29.8 Å². The van der Waals surface area contributed by atoms with E-state index in [1.54, 1.807) is 7.05 Å². The van der Waals surface area contributed by atoms with Crippen molar-refractivity contribution in [2.24, 2.45) is 0 Å². The van der Waals surface area contributed by atoms with Gasteiger partial charge in [0.1, 0.15) is 11.3 Å². The zero-order valence-corrected chi connectivity index (χ0v) is 13.6. The molecular weight excluding hydrogens is 266 g/mol. The summed E-state index contributed by atoms with van der Waals surface area (Å²) in [6, 6.07) is 8.13. The summed E-state index contributed by atoms with van der Waals surface area (Å²) in [4.78, 5) is 11.9. The van der Waals surface area contributed by atoms with Gasteiger partial charge in [-0.15, -0.1) is 0 Å². The van der Waals surface area contributed by atoms with Gasteiger partial charge in [0.15, 0.2) is 0 Å². The summed E-state index contributed by atoms with van der Waals surface area (Å²) in [5.41, 5.74) is 0.606. The third-order valence-corrected chi connectivity index (χ3v) is 3.61. The van der Waals surface area contributed by atoms with Crippen molar-refractivity contribution < 1.29 is 14.3 Å². The van der Waals surface area contributed by atoms with Crippen LogP contribution in [0.25, 0.3) is 0 Å². The molecule has 0 aliphatic carbocycles. The van der Waals surface area contributed by atoms with Crippen LogP contribution in [0.4, 0.5) is 0 Å². The first-order valence-electron chi connectivity index (χ1n) is 7.63. The molecule has 0 aromatic heterocycles. The van der Waals surface area contributed by atoms with E-state index < -0.39 is 5.54 Å². The van der Waals surface area contributed by atoms with Gasteiger partial charge in [0.25, 0.3) is 0 Å². The van der Waals surface area contributed by atoms with E-state index in [0.29, 0.717) is 19.6 Å². The van der Waals surface area contributed by atoms with Crippen LogP contribution in [-0.2, 0) is 16.0 Å². The lowest BCUT2D eigenvalue weighted by Gasteiger charge is -2.26. The van der Waals surface area contributed by atoms with Gasteiger partial charge in [-0.2, -0.15) is 0 Å². The van der Waals surface area contributed by atoms with Crippen LogP contribution >= 0.6 is 0 Å². The summed E-state index contributed by atoms with van der Waals surface area (Å²) in [6.07, 6.45) is 2.78. The smallest absolute Gasteiger partial charge is 0.326 e. The summed E-state index contributed by atoms with van der Waals surface area (Å²) in [7, 11) is 1.76. The molecule has 1 aromatic rings. The summed E-state index contributed by atoms with van der Waals surface area (Å²) in [5, 5.41) is 3.02. The number of ether oxygens (including phenoxy) is 2. The van der Waals surface area contributed by atoms with Crippen LogP contribution in [0.2, 0.25) is 0 Å². The molecule has 0 aliphatic heterocycles. The Morgan fingerprint density at radius 3 is 2.43 bits per heavy atom. The predicted octanol–water partition coefficient (Wildman–Crippen LogP) is 2.95. The highest BCUT2D eigenvalue weighted by molar-refractivity contribution is 5.80. The minimum atomic E-state index is -0.710. The Balaban J connectivity index is 2.48. The first-order chi connectivity index (χ1) is 10.1. The van der Waals surface area contributed by atoms with E-state index in [1.165, 1.54) is 5.56 Å². The van der Waals surface area contributed by atoms with Gasteiger partial charge >= 0.3 is 5.97 Å². The Morgan fingerprint density at radius 2 is 1.90 bits per heavy atom. The number of benzene rings is 1. The average Bonchev–Trinajstić information content (AvgIpc) is 2.49. The van der Waals surface area contributed by atoms with Gasteiger partial charge in [-0.1, -0.05) is 25.5 Å². The van der Waals surface area contributed by atoms with E-state index in [2.05, 4.69) is 24.4 Å². The van der Waals surface area contributed by atoms with Crippen molar-refractivity contribution >= 4 is 5.97 Å². The molecule has 1 atom stereocenters. The fourth-order valence-electron chi connectivity index (χ4n) is 2.03. The van der Waals surface area contributed by atoms with Crippen LogP contribution in [0.3, 0.4) is 0 Å². The molecule has 118 valence electrons. The highest BCUT2D eigenvalue weighted by Crippen LogP contribution is 2.16. The third kappa shape index (κ3) is 5.38. The summed E-state index contributed by atoms with van der Waals surface area (Å²) in [5.74, 6) is 0.589. The number of esters is 1. The molecule has 4 heteroatoms. The van der Waals surface area contributed by atoms with Crippen molar-refractivity contribution in [1.82, 2.24) is 5.32 Å². The fourth-order valence-corrected chi connectivity index (χ4v) is 2.03. The molecule has 1 aromatic carbocycles. The first kappa shape index (κ1) is 17.5. The minimum Gasteiger partial charge on any atom is -0.494 e. The molecule has 0 saturated carbocycles. The zero-order chi connectivity index (χ0) is 15.7. The maximum atomic E-state index is 11.9. The van der Waals surface area contributed by atoms with Gasteiger partial charge in [0, 0.05) is 6.42 Å². The van der Waals surface area contributed by atoms with E-state index in [0.717, 1.165) is 18.6 Å². The molecule has 0 bridgehead atoms. The van der Waals surface area contributed by atoms with Crippen molar-refractivity contribution in [2.45, 2.75) is 45.6 Å². The monoisotopic (exact) mass is 293 g/mol. The van der Waals surface area contributed by atoms with E-state index in [1.807, 2.05) is 26.0 Å². The molecule has 1 unspecified atom stereocenters. The lowest BCUT2D eigenvalue weighted by atomic mass is 9.99. The van der Waals surface area contributed by atoms with Crippen LogP contribution in [0.15, 0.2) is 24.3 Å². The highest BCUT2D eigenvalue weighted by Gasteiger charge is 2.32. The summed E-state index contributed by atoms with van der Waals surface area (Å²) < 4.78 is 10.8. The van der Waals surface area contributed by atoms with E-state index in [-0.39, 0.29) is 5.97 Å². The lowest BCUT2D eigenvalue weighted by molar-refractivity contribution is -0.150. The van der Waals surface area contributed by atoms with Gasteiger partial charge in [0.05, 0.1) is 13.2 Å². The van der Waals surface area contributed by atoms with Gasteiger partial charge < -0.3 is 14.8 Å². The Hall–Kier alpha value is -1.55. The Bertz CT molecular complexity index is 430. The second-order valence-electron chi connectivity index (χ2n) is 5.29. The molecule has 0 aliphatic rings. The molecule has 21 heavy (non-hydrogen) atoms. The second-order valence-corrected chi connectivity index (χ2v) is 5.29. The van der Waals surface area contributed by atoms with Crippen LogP contribution in [0.1, 0.15) is 39.2 Å². The predicted molar refractivity (Wildman–Crippen MR) is 84.6 cm³/mol. The normalized spacial score (nSPS) is 13.5. The molecule has 0 fully saturated rings. The number of hydrogen-bond donors (Lipinski definition) is 1.